The van der Waals surface area contributed by atoms with E-state index in [0.717, 1.165) is 29.9 Å². The van der Waals surface area contributed by atoms with Crippen LogP contribution in [0.5, 0.6) is 11.5 Å². The minimum absolute atomic E-state index is 0.0184. The molecule has 1 amide bonds. The molecule has 1 fully saturated rings. The second-order valence-corrected chi connectivity index (χ2v) is 7.05. The summed E-state index contributed by atoms with van der Waals surface area (Å²) >= 11 is 0. The van der Waals surface area contributed by atoms with Crippen molar-refractivity contribution in [1.82, 2.24) is 5.32 Å². The first-order valence-electron chi connectivity index (χ1n) is 9.23. The third-order valence-electron chi connectivity index (χ3n) is 5.34. The van der Waals surface area contributed by atoms with E-state index in [1.807, 2.05) is 43.3 Å². The lowest BCUT2D eigenvalue weighted by atomic mass is 9.79. The lowest BCUT2D eigenvalue weighted by molar-refractivity contribution is -0.123. The number of benzene rings is 2. The van der Waals surface area contributed by atoms with Gasteiger partial charge in [-0.25, -0.2) is 0 Å². The number of amides is 1. The molecule has 4 heteroatoms. The van der Waals surface area contributed by atoms with Crippen LogP contribution in [-0.4, -0.2) is 26.2 Å². The largest absolute Gasteiger partial charge is 0.497 e. The zero-order valence-electron chi connectivity index (χ0n) is 15.6. The molecule has 1 N–H and O–H groups in total. The van der Waals surface area contributed by atoms with E-state index < -0.39 is 0 Å². The summed E-state index contributed by atoms with van der Waals surface area (Å²) in [7, 11) is 1.68. The molecule has 4 nitrogen and oxygen atoms in total. The molecule has 0 aromatic heterocycles. The number of carbonyl (C=O) groups is 1. The van der Waals surface area contributed by atoms with Crippen molar-refractivity contribution >= 4 is 5.91 Å². The van der Waals surface area contributed by atoms with Crippen LogP contribution in [0, 0.1) is 6.92 Å². The van der Waals surface area contributed by atoms with Gasteiger partial charge in [0.1, 0.15) is 11.5 Å². The van der Waals surface area contributed by atoms with Crippen LogP contribution in [-0.2, 0) is 10.2 Å². The Bertz CT molecular complexity index is 733. The monoisotopic (exact) mass is 353 g/mol. The van der Waals surface area contributed by atoms with E-state index in [-0.39, 0.29) is 17.9 Å². The topological polar surface area (TPSA) is 47.6 Å². The lowest BCUT2D eigenvalue weighted by Gasteiger charge is -2.30. The van der Waals surface area contributed by atoms with Gasteiger partial charge in [-0.1, -0.05) is 43.2 Å². The molecule has 0 unspecified atom stereocenters. The molecule has 0 atom stereocenters. The summed E-state index contributed by atoms with van der Waals surface area (Å²) in [6, 6.07) is 16.0. The van der Waals surface area contributed by atoms with Crippen molar-refractivity contribution in [2.24, 2.45) is 0 Å². The molecule has 0 spiro atoms. The quantitative estimate of drug-likeness (QED) is 0.818. The zero-order valence-corrected chi connectivity index (χ0v) is 15.6. The first-order valence-corrected chi connectivity index (χ1v) is 9.23. The van der Waals surface area contributed by atoms with E-state index in [4.69, 9.17) is 9.47 Å². The summed E-state index contributed by atoms with van der Waals surface area (Å²) < 4.78 is 10.9. The summed E-state index contributed by atoms with van der Waals surface area (Å²) in [4.78, 5) is 12.3. The van der Waals surface area contributed by atoms with Crippen LogP contribution in [0.1, 0.15) is 36.8 Å². The van der Waals surface area contributed by atoms with Crippen LogP contribution >= 0.6 is 0 Å². The molecule has 3 rings (SSSR count). The smallest absolute Gasteiger partial charge is 0.257 e. The molecule has 0 aliphatic heterocycles. The van der Waals surface area contributed by atoms with Crippen LogP contribution in [0.4, 0.5) is 0 Å². The molecule has 2 aromatic rings. The van der Waals surface area contributed by atoms with E-state index in [2.05, 4.69) is 17.4 Å². The van der Waals surface area contributed by atoms with Crippen molar-refractivity contribution in [2.75, 3.05) is 20.3 Å². The van der Waals surface area contributed by atoms with E-state index in [1.54, 1.807) is 7.11 Å². The molecular formula is C22H27NO3. The Labute approximate surface area is 155 Å². The maximum atomic E-state index is 12.3. The summed E-state index contributed by atoms with van der Waals surface area (Å²) in [5.74, 6) is 1.54. The summed E-state index contributed by atoms with van der Waals surface area (Å²) in [5, 5.41) is 3.09. The van der Waals surface area contributed by atoms with Crippen molar-refractivity contribution < 1.29 is 14.3 Å². The average Bonchev–Trinajstić information content (AvgIpc) is 3.16. The minimum atomic E-state index is -0.0759. The molecule has 138 valence electrons. The van der Waals surface area contributed by atoms with Crippen molar-refractivity contribution in [3.8, 4) is 11.5 Å². The van der Waals surface area contributed by atoms with Crippen LogP contribution in [0.15, 0.2) is 48.5 Å². The standard InChI is InChI=1S/C22H27NO3/c1-17-7-3-4-8-20(17)26-15-21(24)23-16-22(13-5-6-14-22)18-9-11-19(25-2)12-10-18/h3-4,7-12H,5-6,13-16H2,1-2H3,(H,23,24). The molecule has 26 heavy (non-hydrogen) atoms. The van der Waals surface area contributed by atoms with Gasteiger partial charge in [0.2, 0.25) is 0 Å². The Kier molecular flexibility index (Phi) is 5.82. The molecule has 1 aliphatic rings. The fourth-order valence-corrected chi connectivity index (χ4v) is 3.74. The first kappa shape index (κ1) is 18.3. The third-order valence-corrected chi connectivity index (χ3v) is 5.34. The highest BCUT2D eigenvalue weighted by Gasteiger charge is 2.35. The van der Waals surface area contributed by atoms with Gasteiger partial charge >= 0.3 is 0 Å². The van der Waals surface area contributed by atoms with Crippen LogP contribution < -0.4 is 14.8 Å². The molecule has 1 saturated carbocycles. The highest BCUT2D eigenvalue weighted by molar-refractivity contribution is 5.77. The fraction of sp³-hybridized carbons (Fsp3) is 0.409. The first-order chi connectivity index (χ1) is 12.6. The molecule has 0 radical (unpaired) electrons. The van der Waals surface area contributed by atoms with Gasteiger partial charge in [-0.2, -0.15) is 0 Å². The number of para-hydroxylation sites is 1. The van der Waals surface area contributed by atoms with Gasteiger partial charge < -0.3 is 14.8 Å². The Morgan fingerprint density at radius 1 is 1.08 bits per heavy atom. The predicted octanol–water partition coefficient (Wildman–Crippen LogP) is 4.01. The number of hydrogen-bond acceptors (Lipinski definition) is 3. The van der Waals surface area contributed by atoms with E-state index in [9.17, 15) is 4.79 Å². The zero-order chi connectivity index (χ0) is 18.4. The molecule has 0 saturated heterocycles. The number of carbonyl (C=O) groups excluding carboxylic acids is 1. The van der Waals surface area contributed by atoms with Gasteiger partial charge in [0.15, 0.2) is 6.61 Å². The maximum Gasteiger partial charge on any atom is 0.257 e. The predicted molar refractivity (Wildman–Crippen MR) is 103 cm³/mol. The van der Waals surface area contributed by atoms with Crippen LogP contribution in [0.25, 0.3) is 0 Å². The lowest BCUT2D eigenvalue weighted by Crippen LogP contribution is -2.40. The number of hydrogen-bond donors (Lipinski definition) is 1. The Morgan fingerprint density at radius 2 is 1.77 bits per heavy atom. The average molecular weight is 353 g/mol. The van der Waals surface area contributed by atoms with E-state index in [1.165, 1.54) is 18.4 Å². The van der Waals surface area contributed by atoms with Gasteiger partial charge in [-0.3, -0.25) is 4.79 Å². The number of methoxy groups -OCH3 is 1. The highest BCUT2D eigenvalue weighted by Crippen LogP contribution is 2.41. The van der Waals surface area contributed by atoms with Gasteiger partial charge in [0.05, 0.1) is 7.11 Å². The number of aryl methyl sites for hydroxylation is 1. The van der Waals surface area contributed by atoms with Crippen LogP contribution in [0.3, 0.4) is 0 Å². The molecule has 0 heterocycles. The molecular weight excluding hydrogens is 326 g/mol. The van der Waals surface area contributed by atoms with Gasteiger partial charge in [-0.05, 0) is 49.1 Å². The van der Waals surface area contributed by atoms with Crippen molar-refractivity contribution in [1.29, 1.82) is 0 Å². The Hall–Kier alpha value is -2.49. The minimum Gasteiger partial charge on any atom is -0.497 e. The van der Waals surface area contributed by atoms with Gasteiger partial charge in [0, 0.05) is 12.0 Å². The second-order valence-electron chi connectivity index (χ2n) is 7.05. The molecule has 0 bridgehead atoms. The van der Waals surface area contributed by atoms with Crippen molar-refractivity contribution in [2.45, 2.75) is 38.0 Å². The third kappa shape index (κ3) is 4.18. The van der Waals surface area contributed by atoms with E-state index in [0.29, 0.717) is 6.54 Å². The fourth-order valence-electron chi connectivity index (χ4n) is 3.74. The number of ether oxygens (including phenoxy) is 2. The van der Waals surface area contributed by atoms with E-state index >= 15 is 0 Å². The summed E-state index contributed by atoms with van der Waals surface area (Å²) in [6.45, 7) is 2.67. The second kappa shape index (κ2) is 8.26. The number of rotatable bonds is 7. The highest BCUT2D eigenvalue weighted by atomic mass is 16.5. The Balaban J connectivity index is 1.59. The van der Waals surface area contributed by atoms with Crippen molar-refractivity contribution in [3.05, 3.63) is 59.7 Å². The molecule has 1 aliphatic carbocycles. The Morgan fingerprint density at radius 3 is 2.42 bits per heavy atom. The summed E-state index contributed by atoms with van der Waals surface area (Å²) in [5.41, 5.74) is 2.33. The van der Waals surface area contributed by atoms with Gasteiger partial charge in [0.25, 0.3) is 5.91 Å². The maximum absolute atomic E-state index is 12.3. The SMILES string of the molecule is COc1ccc(C2(CNC(=O)COc3ccccc3C)CCCC2)cc1. The normalized spacial score (nSPS) is 15.5. The molecule has 2 aromatic carbocycles. The number of nitrogens with one attached hydrogen (secondary N) is 1. The van der Waals surface area contributed by atoms with Gasteiger partial charge in [-0.15, -0.1) is 0 Å². The summed E-state index contributed by atoms with van der Waals surface area (Å²) in [6.07, 6.45) is 4.58. The van der Waals surface area contributed by atoms with Crippen molar-refractivity contribution in [3.63, 3.8) is 0 Å². The van der Waals surface area contributed by atoms with Crippen LogP contribution in [0.2, 0.25) is 0 Å².